The Bertz CT molecular complexity index is 873. The summed E-state index contributed by atoms with van der Waals surface area (Å²) in [5.41, 5.74) is 3.04. The van der Waals surface area contributed by atoms with Crippen molar-refractivity contribution < 1.29 is 14.3 Å². The molecule has 1 fully saturated rings. The average molecular weight is 458 g/mol. The lowest BCUT2D eigenvalue weighted by Gasteiger charge is -2.37. The number of rotatable bonds is 7. The molecule has 0 bridgehead atoms. The SMILES string of the molecule is CCN1C(=S)NC(c2ccc(NC(=O)C3CCCCC3)cc2)C(C(=O)OCC(C)C)=C1C. The van der Waals surface area contributed by atoms with Crippen LogP contribution in [0.1, 0.15) is 71.4 Å². The first-order valence-corrected chi connectivity index (χ1v) is 12.1. The second kappa shape index (κ2) is 10.9. The summed E-state index contributed by atoms with van der Waals surface area (Å²) >= 11 is 5.55. The molecule has 0 spiro atoms. The maximum Gasteiger partial charge on any atom is 0.338 e. The van der Waals surface area contributed by atoms with E-state index in [1.54, 1.807) is 0 Å². The van der Waals surface area contributed by atoms with Crippen molar-refractivity contribution in [3.05, 3.63) is 41.1 Å². The molecule has 1 aromatic carbocycles. The van der Waals surface area contributed by atoms with E-state index in [0.717, 1.165) is 42.6 Å². The highest BCUT2D eigenvalue weighted by molar-refractivity contribution is 7.80. The molecular weight excluding hydrogens is 422 g/mol. The number of carbonyl (C=O) groups is 2. The standard InChI is InChI=1S/C25H35N3O3S/c1-5-28-17(4)21(24(30)31-15-16(2)3)22(27-25(28)32)18-11-13-20(14-12-18)26-23(29)19-9-7-6-8-10-19/h11-14,16,19,22H,5-10,15H2,1-4H3,(H,26,29)(H,27,32). The van der Waals surface area contributed by atoms with Crippen molar-refractivity contribution in [3.63, 3.8) is 0 Å². The number of anilines is 1. The second-order valence-electron chi connectivity index (χ2n) is 9.06. The van der Waals surface area contributed by atoms with Crippen molar-refractivity contribution in [1.82, 2.24) is 10.2 Å². The fourth-order valence-electron chi connectivity index (χ4n) is 4.36. The van der Waals surface area contributed by atoms with Crippen molar-refractivity contribution in [2.45, 2.75) is 65.8 Å². The number of hydrogen-bond acceptors (Lipinski definition) is 4. The Hall–Kier alpha value is -2.41. The highest BCUT2D eigenvalue weighted by Gasteiger charge is 2.34. The fourth-order valence-corrected chi connectivity index (χ4v) is 4.75. The molecule has 2 aliphatic rings. The van der Waals surface area contributed by atoms with Gasteiger partial charge in [0.2, 0.25) is 5.91 Å². The van der Waals surface area contributed by atoms with Crippen LogP contribution < -0.4 is 10.6 Å². The summed E-state index contributed by atoms with van der Waals surface area (Å²) in [6.45, 7) is 8.97. The summed E-state index contributed by atoms with van der Waals surface area (Å²) in [7, 11) is 0. The molecule has 7 heteroatoms. The zero-order valence-electron chi connectivity index (χ0n) is 19.6. The molecule has 1 aliphatic carbocycles. The zero-order valence-corrected chi connectivity index (χ0v) is 20.4. The van der Waals surface area contributed by atoms with Crippen LogP contribution in [0.4, 0.5) is 5.69 Å². The molecule has 1 unspecified atom stereocenters. The topological polar surface area (TPSA) is 70.7 Å². The van der Waals surface area contributed by atoms with Gasteiger partial charge in [0.15, 0.2) is 5.11 Å². The Kier molecular flexibility index (Phi) is 8.29. The Morgan fingerprint density at radius 3 is 2.44 bits per heavy atom. The summed E-state index contributed by atoms with van der Waals surface area (Å²) in [4.78, 5) is 27.5. The zero-order chi connectivity index (χ0) is 23.3. The van der Waals surface area contributed by atoms with Crippen LogP contribution in [0.25, 0.3) is 0 Å². The van der Waals surface area contributed by atoms with Crippen LogP contribution in [0.3, 0.4) is 0 Å². The molecule has 174 valence electrons. The molecule has 32 heavy (non-hydrogen) atoms. The number of nitrogens with zero attached hydrogens (tertiary/aromatic N) is 1. The number of hydrogen-bond donors (Lipinski definition) is 2. The number of carbonyl (C=O) groups excluding carboxylic acids is 2. The van der Waals surface area contributed by atoms with Gasteiger partial charge in [-0.15, -0.1) is 0 Å². The van der Waals surface area contributed by atoms with Gasteiger partial charge in [0.25, 0.3) is 0 Å². The van der Waals surface area contributed by atoms with Gasteiger partial charge in [-0.1, -0.05) is 45.2 Å². The van der Waals surface area contributed by atoms with E-state index in [-0.39, 0.29) is 23.7 Å². The van der Waals surface area contributed by atoms with Crippen molar-refractivity contribution in [3.8, 4) is 0 Å². The van der Waals surface area contributed by atoms with Crippen LogP contribution in [0.2, 0.25) is 0 Å². The number of nitrogens with one attached hydrogen (secondary N) is 2. The molecule has 1 heterocycles. The quantitative estimate of drug-likeness (QED) is 0.447. The molecule has 1 atom stereocenters. The highest BCUT2D eigenvalue weighted by Crippen LogP contribution is 2.32. The van der Waals surface area contributed by atoms with E-state index in [9.17, 15) is 9.59 Å². The Balaban J connectivity index is 1.80. The molecule has 1 aliphatic heterocycles. The predicted molar refractivity (Wildman–Crippen MR) is 131 cm³/mol. The van der Waals surface area contributed by atoms with Gasteiger partial charge < -0.3 is 20.3 Å². The third-order valence-corrected chi connectivity index (χ3v) is 6.51. The van der Waals surface area contributed by atoms with Crippen LogP contribution in [-0.4, -0.2) is 35.0 Å². The van der Waals surface area contributed by atoms with Crippen LogP contribution in [-0.2, 0) is 14.3 Å². The first-order chi connectivity index (χ1) is 15.3. The summed E-state index contributed by atoms with van der Waals surface area (Å²) in [5.74, 6) is 0.130. The van der Waals surface area contributed by atoms with Gasteiger partial charge >= 0.3 is 5.97 Å². The molecule has 6 nitrogen and oxygen atoms in total. The maximum absolute atomic E-state index is 13.0. The van der Waals surface area contributed by atoms with Crippen LogP contribution >= 0.6 is 12.2 Å². The first kappa shape index (κ1) is 24.2. The molecule has 1 saturated carbocycles. The number of ether oxygens (including phenoxy) is 1. The molecular formula is C25H35N3O3S. The van der Waals surface area contributed by atoms with Crippen molar-refractivity contribution >= 4 is 34.9 Å². The minimum atomic E-state index is -0.395. The molecule has 3 rings (SSSR count). The summed E-state index contributed by atoms with van der Waals surface area (Å²) in [6, 6.07) is 7.25. The monoisotopic (exact) mass is 457 g/mol. The maximum atomic E-state index is 13.0. The minimum Gasteiger partial charge on any atom is -0.462 e. The van der Waals surface area contributed by atoms with Gasteiger partial charge in [-0.25, -0.2) is 4.79 Å². The van der Waals surface area contributed by atoms with Gasteiger partial charge in [-0.05, 0) is 62.5 Å². The largest absolute Gasteiger partial charge is 0.462 e. The van der Waals surface area contributed by atoms with Gasteiger partial charge in [0.1, 0.15) is 0 Å². The molecule has 0 radical (unpaired) electrons. The highest BCUT2D eigenvalue weighted by atomic mass is 32.1. The third-order valence-electron chi connectivity index (χ3n) is 6.17. The molecule has 0 saturated heterocycles. The van der Waals surface area contributed by atoms with Crippen LogP contribution in [0, 0.1) is 11.8 Å². The molecule has 0 aromatic heterocycles. The predicted octanol–water partition coefficient (Wildman–Crippen LogP) is 4.93. The Labute approximate surface area is 196 Å². The number of amides is 1. The van der Waals surface area contributed by atoms with E-state index in [1.807, 2.05) is 56.9 Å². The first-order valence-electron chi connectivity index (χ1n) is 11.7. The Morgan fingerprint density at radius 1 is 1.19 bits per heavy atom. The lowest BCUT2D eigenvalue weighted by molar-refractivity contribution is -0.140. The number of benzene rings is 1. The second-order valence-corrected chi connectivity index (χ2v) is 9.45. The number of thiocarbonyl (C=S) groups is 1. The van der Waals surface area contributed by atoms with E-state index in [1.165, 1.54) is 6.42 Å². The minimum absolute atomic E-state index is 0.0988. The van der Waals surface area contributed by atoms with Crippen LogP contribution in [0.15, 0.2) is 35.5 Å². The molecule has 2 N–H and O–H groups in total. The Morgan fingerprint density at radius 2 is 1.84 bits per heavy atom. The average Bonchev–Trinajstić information content (AvgIpc) is 2.78. The summed E-state index contributed by atoms with van der Waals surface area (Å²) in [5, 5.41) is 6.94. The van der Waals surface area contributed by atoms with E-state index in [2.05, 4.69) is 10.6 Å². The number of esters is 1. The van der Waals surface area contributed by atoms with E-state index >= 15 is 0 Å². The van der Waals surface area contributed by atoms with Crippen molar-refractivity contribution in [2.75, 3.05) is 18.5 Å². The normalized spacial score (nSPS) is 19.7. The molecule has 1 amide bonds. The van der Waals surface area contributed by atoms with E-state index in [0.29, 0.717) is 23.8 Å². The lowest BCUT2D eigenvalue weighted by atomic mass is 9.88. The van der Waals surface area contributed by atoms with Crippen molar-refractivity contribution in [2.24, 2.45) is 11.8 Å². The van der Waals surface area contributed by atoms with E-state index < -0.39 is 6.04 Å². The van der Waals surface area contributed by atoms with Gasteiger partial charge in [0.05, 0.1) is 18.2 Å². The lowest BCUT2D eigenvalue weighted by Crippen LogP contribution is -2.47. The summed E-state index contributed by atoms with van der Waals surface area (Å²) in [6.07, 6.45) is 5.40. The smallest absolute Gasteiger partial charge is 0.338 e. The van der Waals surface area contributed by atoms with Gasteiger partial charge in [0, 0.05) is 23.8 Å². The van der Waals surface area contributed by atoms with E-state index in [4.69, 9.17) is 17.0 Å². The fraction of sp³-hybridized carbons (Fsp3) is 0.560. The molecule has 1 aromatic rings. The summed E-state index contributed by atoms with van der Waals surface area (Å²) < 4.78 is 5.57. The number of allylic oxidation sites excluding steroid dienone is 1. The third kappa shape index (κ3) is 5.68. The van der Waals surface area contributed by atoms with Gasteiger partial charge in [-0.2, -0.15) is 0 Å². The van der Waals surface area contributed by atoms with Crippen molar-refractivity contribution in [1.29, 1.82) is 0 Å². The van der Waals surface area contributed by atoms with Gasteiger partial charge in [-0.3, -0.25) is 4.79 Å². The van der Waals surface area contributed by atoms with Crippen LogP contribution in [0.5, 0.6) is 0 Å².